The minimum Gasteiger partial charge on any atom is -0.362 e. The number of fused-ring (bicyclic) bond motifs is 1. The van der Waals surface area contributed by atoms with Crippen molar-refractivity contribution in [2.45, 2.75) is 44.7 Å². The van der Waals surface area contributed by atoms with Gasteiger partial charge >= 0.3 is 0 Å². The van der Waals surface area contributed by atoms with E-state index in [-0.39, 0.29) is 24.3 Å². The van der Waals surface area contributed by atoms with Crippen molar-refractivity contribution in [3.05, 3.63) is 29.8 Å². The Bertz CT molecular complexity index is 796. The number of hydrogen-bond donors (Lipinski definition) is 2. The molecule has 2 saturated heterocycles. The molecule has 3 aliphatic heterocycles. The predicted molar refractivity (Wildman–Crippen MR) is 106 cm³/mol. The normalized spacial score (nSPS) is 27.7. The first kappa shape index (κ1) is 18.8. The highest BCUT2D eigenvalue weighted by molar-refractivity contribution is 6.02. The van der Waals surface area contributed by atoms with Gasteiger partial charge in [0, 0.05) is 38.2 Å². The summed E-state index contributed by atoms with van der Waals surface area (Å²) in [5.41, 5.74) is 0.777. The largest absolute Gasteiger partial charge is 0.362 e. The maximum absolute atomic E-state index is 12.7. The van der Waals surface area contributed by atoms with Crippen LogP contribution in [0, 0.1) is 5.92 Å². The molecule has 2 fully saturated rings. The summed E-state index contributed by atoms with van der Waals surface area (Å²) in [5.74, 6) is 0.406. The lowest BCUT2D eigenvalue weighted by molar-refractivity contribution is -0.141. The van der Waals surface area contributed by atoms with E-state index in [0.717, 1.165) is 31.6 Å². The van der Waals surface area contributed by atoms with E-state index in [9.17, 15) is 14.4 Å². The number of rotatable bonds is 2. The lowest BCUT2D eigenvalue weighted by atomic mass is 9.95. The molecule has 0 saturated carbocycles. The molecule has 0 aliphatic carbocycles. The minimum absolute atomic E-state index is 0.0230. The van der Waals surface area contributed by atoms with Crippen LogP contribution >= 0.6 is 0 Å². The van der Waals surface area contributed by atoms with Crippen LogP contribution in [0.4, 0.5) is 5.69 Å². The third-order valence-electron chi connectivity index (χ3n) is 6.16. The van der Waals surface area contributed by atoms with E-state index in [0.29, 0.717) is 37.3 Å². The van der Waals surface area contributed by atoms with Crippen LogP contribution in [-0.2, 0) is 9.59 Å². The molecule has 1 spiro atoms. The Morgan fingerprint density at radius 1 is 1.18 bits per heavy atom. The summed E-state index contributed by atoms with van der Waals surface area (Å²) in [7, 11) is 0. The third-order valence-corrected chi connectivity index (χ3v) is 6.16. The number of amides is 3. The van der Waals surface area contributed by atoms with Crippen LogP contribution in [0.5, 0.6) is 0 Å². The van der Waals surface area contributed by atoms with E-state index in [1.54, 1.807) is 11.0 Å². The molecule has 0 bridgehead atoms. The molecule has 3 heterocycles. The molecule has 3 aliphatic rings. The molecule has 7 heteroatoms. The first-order valence-corrected chi connectivity index (χ1v) is 10.2. The van der Waals surface area contributed by atoms with Crippen molar-refractivity contribution in [2.24, 2.45) is 5.92 Å². The van der Waals surface area contributed by atoms with Gasteiger partial charge in [-0.25, -0.2) is 0 Å². The fraction of sp³-hybridized carbons (Fsp3) is 0.571. The summed E-state index contributed by atoms with van der Waals surface area (Å²) in [6.45, 7) is 4.30. The van der Waals surface area contributed by atoms with Crippen LogP contribution in [-0.4, -0.2) is 59.4 Å². The zero-order valence-corrected chi connectivity index (χ0v) is 16.4. The van der Waals surface area contributed by atoms with Crippen LogP contribution in [0.3, 0.4) is 0 Å². The summed E-state index contributed by atoms with van der Waals surface area (Å²) in [6.07, 6.45) is 3.57. The number of nitrogens with one attached hydrogen (secondary N) is 2. The molecule has 0 aromatic heterocycles. The lowest BCUT2D eigenvalue weighted by Crippen LogP contribution is -2.58. The Morgan fingerprint density at radius 3 is 2.82 bits per heavy atom. The van der Waals surface area contributed by atoms with Gasteiger partial charge in [-0.2, -0.15) is 0 Å². The van der Waals surface area contributed by atoms with Crippen molar-refractivity contribution >= 4 is 23.4 Å². The monoisotopic (exact) mass is 384 g/mol. The zero-order chi connectivity index (χ0) is 19.7. The maximum Gasteiger partial charge on any atom is 0.255 e. The average molecular weight is 384 g/mol. The fourth-order valence-corrected chi connectivity index (χ4v) is 4.51. The van der Waals surface area contributed by atoms with E-state index in [4.69, 9.17) is 0 Å². The first-order valence-electron chi connectivity index (χ1n) is 10.2. The number of benzene rings is 1. The third kappa shape index (κ3) is 3.70. The van der Waals surface area contributed by atoms with Gasteiger partial charge < -0.3 is 20.4 Å². The standard InChI is InChI=1S/C21H28N4O3/c1-15-5-4-11-24(13-15)19(27)14-25-12-10-21(9-8-18(25)26)22-17-7-3-2-6-16(17)20(28)23-21/h2-3,6-7,15,22H,4-5,8-14H2,1H3,(H,23,28). The van der Waals surface area contributed by atoms with Gasteiger partial charge in [-0.3, -0.25) is 14.4 Å². The number of nitrogens with zero attached hydrogens (tertiary/aromatic N) is 2. The Morgan fingerprint density at radius 2 is 2.00 bits per heavy atom. The zero-order valence-electron chi connectivity index (χ0n) is 16.4. The SMILES string of the molecule is CC1CCCN(C(=O)CN2CCC3(CCC2=O)NC(=O)c2ccccc2N3)C1. The summed E-state index contributed by atoms with van der Waals surface area (Å²) in [4.78, 5) is 41.4. The number of hydrogen-bond acceptors (Lipinski definition) is 4. The number of anilines is 1. The smallest absolute Gasteiger partial charge is 0.255 e. The average Bonchev–Trinajstić information content (AvgIpc) is 2.82. The first-order chi connectivity index (χ1) is 13.5. The lowest BCUT2D eigenvalue weighted by Gasteiger charge is -2.40. The molecule has 4 rings (SSSR count). The summed E-state index contributed by atoms with van der Waals surface area (Å²) in [5, 5.41) is 6.51. The van der Waals surface area contributed by atoms with Crippen molar-refractivity contribution in [3.63, 3.8) is 0 Å². The highest BCUT2D eigenvalue weighted by atomic mass is 16.2. The quantitative estimate of drug-likeness (QED) is 0.815. The Labute approximate surface area is 165 Å². The number of carbonyl (C=O) groups excluding carboxylic acids is 3. The van der Waals surface area contributed by atoms with Crippen molar-refractivity contribution in [3.8, 4) is 0 Å². The molecule has 2 unspecified atom stereocenters. The highest BCUT2D eigenvalue weighted by Gasteiger charge is 2.40. The van der Waals surface area contributed by atoms with Gasteiger partial charge in [0.25, 0.3) is 5.91 Å². The molecule has 1 aromatic carbocycles. The van der Waals surface area contributed by atoms with E-state index < -0.39 is 5.66 Å². The van der Waals surface area contributed by atoms with Gasteiger partial charge in [-0.15, -0.1) is 0 Å². The molecular formula is C21H28N4O3. The van der Waals surface area contributed by atoms with Gasteiger partial charge in [0.2, 0.25) is 11.8 Å². The molecule has 1 aromatic rings. The van der Waals surface area contributed by atoms with E-state index in [1.807, 2.05) is 23.1 Å². The molecular weight excluding hydrogens is 356 g/mol. The molecule has 7 nitrogen and oxygen atoms in total. The van der Waals surface area contributed by atoms with Crippen molar-refractivity contribution in [1.29, 1.82) is 0 Å². The van der Waals surface area contributed by atoms with E-state index in [2.05, 4.69) is 17.6 Å². The second-order valence-electron chi connectivity index (χ2n) is 8.36. The van der Waals surface area contributed by atoms with Crippen molar-refractivity contribution < 1.29 is 14.4 Å². The van der Waals surface area contributed by atoms with Crippen LogP contribution < -0.4 is 10.6 Å². The predicted octanol–water partition coefficient (Wildman–Crippen LogP) is 1.81. The minimum atomic E-state index is -0.640. The van der Waals surface area contributed by atoms with Gasteiger partial charge in [0.1, 0.15) is 5.66 Å². The fourth-order valence-electron chi connectivity index (χ4n) is 4.51. The Balaban J connectivity index is 1.43. The molecule has 0 radical (unpaired) electrons. The van der Waals surface area contributed by atoms with Gasteiger partial charge in [0.15, 0.2) is 0 Å². The van der Waals surface area contributed by atoms with Crippen LogP contribution in [0.1, 0.15) is 49.4 Å². The van der Waals surface area contributed by atoms with Gasteiger partial charge in [0.05, 0.1) is 12.1 Å². The highest BCUT2D eigenvalue weighted by Crippen LogP contribution is 2.31. The number of likely N-dealkylation sites (tertiary alicyclic amines) is 2. The topological polar surface area (TPSA) is 81.8 Å². The maximum atomic E-state index is 12.7. The number of carbonyl (C=O) groups is 3. The molecule has 2 atom stereocenters. The van der Waals surface area contributed by atoms with Crippen molar-refractivity contribution in [2.75, 3.05) is 31.5 Å². The van der Waals surface area contributed by atoms with Gasteiger partial charge in [-0.05, 0) is 37.3 Å². The molecule has 3 amide bonds. The molecule has 2 N–H and O–H groups in total. The van der Waals surface area contributed by atoms with E-state index >= 15 is 0 Å². The Hall–Kier alpha value is -2.57. The molecule has 28 heavy (non-hydrogen) atoms. The summed E-state index contributed by atoms with van der Waals surface area (Å²) >= 11 is 0. The number of piperidine rings is 1. The van der Waals surface area contributed by atoms with Crippen LogP contribution in [0.15, 0.2) is 24.3 Å². The summed E-state index contributed by atoms with van der Waals surface area (Å²) in [6, 6.07) is 7.41. The van der Waals surface area contributed by atoms with Crippen LogP contribution in [0.25, 0.3) is 0 Å². The van der Waals surface area contributed by atoms with Gasteiger partial charge in [-0.1, -0.05) is 19.1 Å². The Kier molecular flexibility index (Phi) is 5.00. The number of para-hydroxylation sites is 1. The second kappa shape index (κ2) is 7.45. The summed E-state index contributed by atoms with van der Waals surface area (Å²) < 4.78 is 0. The van der Waals surface area contributed by atoms with Crippen molar-refractivity contribution in [1.82, 2.24) is 15.1 Å². The van der Waals surface area contributed by atoms with E-state index in [1.165, 1.54) is 0 Å². The second-order valence-corrected chi connectivity index (χ2v) is 8.36. The van der Waals surface area contributed by atoms with Crippen LogP contribution in [0.2, 0.25) is 0 Å². The molecule has 150 valence electrons.